The average Bonchev–Trinajstić information content (AvgIpc) is 3.91. The van der Waals surface area contributed by atoms with Gasteiger partial charge in [-0.15, -0.1) is 0 Å². The number of azide groups is 1. The first-order chi connectivity index (χ1) is 23.8. The van der Waals surface area contributed by atoms with E-state index in [1.165, 1.54) is 58.6 Å². The van der Waals surface area contributed by atoms with Crippen molar-refractivity contribution in [1.82, 2.24) is 38.3 Å². The number of rotatable bonds is 9. The Morgan fingerprint density at radius 3 is 1.63 bits per heavy atom. The molecule has 2 saturated carbocycles. The van der Waals surface area contributed by atoms with Crippen molar-refractivity contribution >= 4 is 11.3 Å². The lowest BCUT2D eigenvalue weighted by molar-refractivity contribution is -0.149. The standard InChI is InChI=1S/C16H14F3N7.C16H16F3N5.CH4/c17-16(18,19)15(23-24-20)12-5-21-26(7-12)9-13-8-25-6-11(10-1-2-10)3-4-14(25)22-13;17-16(18,19)15(20)12-5-21-24(7-12)9-13-8-23-6-11(10-1-2-10)3-4-14(23)22-13;/h3-8,10,15H,1-2,9H2;3-8,10,15H,1-2,9,20H2;1H4. The highest BCUT2D eigenvalue weighted by atomic mass is 19.4. The number of nitrogens with zero attached hydrogens (tertiary/aromatic N) is 11. The van der Waals surface area contributed by atoms with Crippen LogP contribution in [-0.2, 0) is 13.1 Å². The van der Waals surface area contributed by atoms with Crippen LogP contribution in [-0.4, -0.2) is 50.7 Å². The summed E-state index contributed by atoms with van der Waals surface area (Å²) in [5.41, 5.74) is 18.9. The molecular weight excluding hydrogens is 678 g/mol. The Kier molecular flexibility index (Phi) is 9.57. The lowest BCUT2D eigenvalue weighted by Gasteiger charge is -2.12. The van der Waals surface area contributed by atoms with Gasteiger partial charge in [0.1, 0.15) is 17.3 Å². The Hall–Kier alpha value is -5.35. The fraction of sp³-hybridized carbons (Fsp3) is 0.394. The molecule has 51 heavy (non-hydrogen) atoms. The molecule has 0 saturated heterocycles. The van der Waals surface area contributed by atoms with Gasteiger partial charge in [0.25, 0.3) is 0 Å². The van der Waals surface area contributed by atoms with Crippen LogP contribution in [0.2, 0.25) is 0 Å². The molecule has 18 heteroatoms. The van der Waals surface area contributed by atoms with Gasteiger partial charge in [-0.3, -0.25) is 9.36 Å². The predicted octanol–water partition coefficient (Wildman–Crippen LogP) is 8.02. The molecule has 2 aliphatic rings. The minimum absolute atomic E-state index is 0. The zero-order valence-electron chi connectivity index (χ0n) is 26.2. The summed E-state index contributed by atoms with van der Waals surface area (Å²) in [4.78, 5) is 11.2. The number of aromatic nitrogens is 8. The van der Waals surface area contributed by atoms with Crippen molar-refractivity contribution in [3.63, 3.8) is 0 Å². The van der Waals surface area contributed by atoms with E-state index in [-0.39, 0.29) is 25.1 Å². The van der Waals surface area contributed by atoms with Gasteiger partial charge in [0, 0.05) is 53.2 Å². The predicted molar refractivity (Wildman–Crippen MR) is 175 cm³/mol. The van der Waals surface area contributed by atoms with E-state index >= 15 is 0 Å². The van der Waals surface area contributed by atoms with E-state index in [0.717, 1.165) is 29.4 Å². The van der Waals surface area contributed by atoms with E-state index in [0.29, 0.717) is 24.1 Å². The average molecular weight is 713 g/mol. The molecule has 0 bridgehead atoms. The van der Waals surface area contributed by atoms with Crippen LogP contribution in [0.5, 0.6) is 0 Å². The number of fused-ring (bicyclic) bond motifs is 2. The number of nitrogens with two attached hydrogens (primary N) is 1. The van der Waals surface area contributed by atoms with Crippen LogP contribution in [0.25, 0.3) is 21.7 Å². The van der Waals surface area contributed by atoms with Crippen molar-refractivity contribution in [3.05, 3.63) is 118 Å². The topological polar surface area (TPSA) is 145 Å². The Balaban J connectivity index is 0.000000173. The molecular formula is C33H34F6N12. The van der Waals surface area contributed by atoms with Crippen molar-refractivity contribution in [1.29, 1.82) is 0 Å². The van der Waals surface area contributed by atoms with Gasteiger partial charge >= 0.3 is 12.4 Å². The third-order valence-corrected chi connectivity index (χ3v) is 8.60. The molecule has 0 radical (unpaired) electrons. The molecule has 6 aromatic rings. The maximum atomic E-state index is 13.0. The van der Waals surface area contributed by atoms with Gasteiger partial charge in [-0.2, -0.15) is 36.5 Å². The SMILES string of the molecule is C.NC(c1cnn(Cc2cn3cc(C4CC4)ccc3n2)c1)C(F)(F)F.[N-]=[N+]=NC(c1cnn(Cc2cn3cc(C4CC4)ccc3n2)c1)C(F)(F)F. The summed E-state index contributed by atoms with van der Waals surface area (Å²) in [5, 5.41) is 10.7. The minimum atomic E-state index is -4.66. The van der Waals surface area contributed by atoms with Crippen molar-refractivity contribution in [2.45, 2.75) is 82.5 Å². The fourth-order valence-electron chi connectivity index (χ4n) is 5.72. The van der Waals surface area contributed by atoms with Gasteiger partial charge in [-0.05, 0) is 66.3 Å². The lowest BCUT2D eigenvalue weighted by Crippen LogP contribution is -2.28. The second-order valence-electron chi connectivity index (χ2n) is 12.6. The normalized spacial score (nSPS) is 15.9. The summed E-state index contributed by atoms with van der Waals surface area (Å²) in [7, 11) is 0. The molecule has 0 aliphatic heterocycles. The first-order valence-electron chi connectivity index (χ1n) is 15.8. The van der Waals surface area contributed by atoms with Gasteiger partial charge < -0.3 is 14.5 Å². The van der Waals surface area contributed by atoms with Crippen LogP contribution in [0.4, 0.5) is 26.3 Å². The number of hydrogen-bond donors (Lipinski definition) is 1. The Bertz CT molecular complexity index is 2180. The first kappa shape index (κ1) is 35.5. The second-order valence-corrected chi connectivity index (χ2v) is 12.6. The number of hydrogen-bond acceptors (Lipinski definition) is 6. The molecule has 0 aromatic carbocycles. The van der Waals surface area contributed by atoms with Crippen molar-refractivity contribution < 1.29 is 26.3 Å². The molecule has 6 heterocycles. The monoisotopic (exact) mass is 712 g/mol. The third kappa shape index (κ3) is 8.18. The molecule has 268 valence electrons. The summed E-state index contributed by atoms with van der Waals surface area (Å²) in [5.74, 6) is 1.27. The summed E-state index contributed by atoms with van der Waals surface area (Å²) in [6.07, 6.45) is 8.31. The highest BCUT2D eigenvalue weighted by Gasteiger charge is 2.41. The zero-order chi connectivity index (χ0) is 35.2. The minimum Gasteiger partial charge on any atom is -0.316 e. The van der Waals surface area contributed by atoms with Gasteiger partial charge in [-0.1, -0.05) is 24.7 Å². The van der Waals surface area contributed by atoms with E-state index in [9.17, 15) is 26.3 Å². The Morgan fingerprint density at radius 2 is 1.20 bits per heavy atom. The van der Waals surface area contributed by atoms with Crippen LogP contribution in [0.3, 0.4) is 0 Å². The highest BCUT2D eigenvalue weighted by molar-refractivity contribution is 5.44. The van der Waals surface area contributed by atoms with E-state index in [2.05, 4.69) is 48.5 Å². The van der Waals surface area contributed by atoms with Gasteiger partial charge in [0.15, 0.2) is 6.04 Å². The molecule has 6 aromatic heterocycles. The summed E-state index contributed by atoms with van der Waals surface area (Å²) >= 11 is 0. The fourth-order valence-corrected chi connectivity index (χ4v) is 5.72. The van der Waals surface area contributed by atoms with Crippen LogP contribution >= 0.6 is 0 Å². The van der Waals surface area contributed by atoms with E-state index in [4.69, 9.17) is 11.3 Å². The molecule has 2 N–H and O–H groups in total. The molecule has 2 atom stereocenters. The van der Waals surface area contributed by atoms with Crippen LogP contribution in [0.1, 0.15) is 90.7 Å². The molecule has 12 nitrogen and oxygen atoms in total. The van der Waals surface area contributed by atoms with Crippen molar-refractivity contribution in [2.75, 3.05) is 0 Å². The molecule has 0 spiro atoms. The largest absolute Gasteiger partial charge is 0.407 e. The van der Waals surface area contributed by atoms with Crippen LogP contribution < -0.4 is 5.73 Å². The number of imidazole rings is 2. The van der Waals surface area contributed by atoms with Crippen molar-refractivity contribution in [3.8, 4) is 0 Å². The summed E-state index contributed by atoms with van der Waals surface area (Å²) in [6.45, 7) is 0.520. The van der Waals surface area contributed by atoms with Gasteiger partial charge in [0.05, 0.1) is 36.9 Å². The smallest absolute Gasteiger partial charge is 0.316 e. The highest BCUT2D eigenvalue weighted by Crippen LogP contribution is 2.41. The maximum Gasteiger partial charge on any atom is 0.407 e. The first-order valence-corrected chi connectivity index (χ1v) is 15.8. The molecule has 2 unspecified atom stereocenters. The van der Waals surface area contributed by atoms with Crippen molar-refractivity contribution in [2.24, 2.45) is 10.8 Å². The van der Waals surface area contributed by atoms with E-state index in [1.54, 1.807) is 0 Å². The molecule has 0 amide bonds. The van der Waals surface area contributed by atoms with Crippen LogP contribution in [0, 0.1) is 0 Å². The number of pyridine rings is 2. The zero-order valence-corrected chi connectivity index (χ0v) is 26.2. The third-order valence-electron chi connectivity index (χ3n) is 8.60. The molecule has 8 rings (SSSR count). The Labute approximate surface area is 287 Å². The van der Waals surface area contributed by atoms with E-state index < -0.39 is 24.4 Å². The Morgan fingerprint density at radius 1 is 0.725 bits per heavy atom. The van der Waals surface area contributed by atoms with Crippen LogP contribution in [0.15, 0.2) is 79.0 Å². The summed E-state index contributed by atoms with van der Waals surface area (Å²) < 4.78 is 83.4. The van der Waals surface area contributed by atoms with E-state index in [1.807, 2.05) is 39.5 Å². The molecule has 2 fully saturated rings. The molecule has 2 aliphatic carbocycles. The van der Waals surface area contributed by atoms with Gasteiger partial charge in [0.2, 0.25) is 0 Å². The lowest BCUT2D eigenvalue weighted by atomic mass is 10.2. The number of halogens is 6. The number of alkyl halides is 6. The quantitative estimate of drug-likeness (QED) is 0.0699. The second kappa shape index (κ2) is 13.8. The maximum absolute atomic E-state index is 13.0. The van der Waals surface area contributed by atoms with Gasteiger partial charge in [-0.25, -0.2) is 9.97 Å². The summed E-state index contributed by atoms with van der Waals surface area (Å²) in [6, 6.07) is 3.77.